The standard InChI is InChI=1S/C24H33N3O2/c1-20-8-10-21(11-9-20)12-13-24(28)25-14-5-15-26-16-18-27(19-17-26)22-6-3-4-7-23(22)29-2/h3-4,6-11H,5,12-19H2,1-2H3,(H,25,28). The quantitative estimate of drug-likeness (QED) is 0.662. The second-order valence-corrected chi connectivity index (χ2v) is 7.69. The molecule has 29 heavy (non-hydrogen) atoms. The largest absolute Gasteiger partial charge is 0.495 e. The van der Waals surface area contributed by atoms with Gasteiger partial charge in [0.15, 0.2) is 0 Å². The van der Waals surface area contributed by atoms with Crippen LogP contribution in [0.5, 0.6) is 5.75 Å². The van der Waals surface area contributed by atoms with Crippen LogP contribution < -0.4 is 15.0 Å². The first-order valence-corrected chi connectivity index (χ1v) is 10.6. The first-order valence-electron chi connectivity index (χ1n) is 10.6. The van der Waals surface area contributed by atoms with Gasteiger partial charge in [-0.2, -0.15) is 0 Å². The first kappa shape index (κ1) is 21.2. The average molecular weight is 396 g/mol. The van der Waals surface area contributed by atoms with Gasteiger partial charge in [0, 0.05) is 39.1 Å². The van der Waals surface area contributed by atoms with Crippen LogP contribution >= 0.6 is 0 Å². The van der Waals surface area contributed by atoms with Crippen molar-refractivity contribution in [2.75, 3.05) is 51.3 Å². The molecular formula is C24H33N3O2. The van der Waals surface area contributed by atoms with E-state index in [4.69, 9.17) is 4.74 Å². The molecular weight excluding hydrogens is 362 g/mol. The van der Waals surface area contributed by atoms with Crippen LogP contribution in [0.15, 0.2) is 48.5 Å². The highest BCUT2D eigenvalue weighted by atomic mass is 16.5. The highest BCUT2D eigenvalue weighted by molar-refractivity contribution is 5.76. The van der Waals surface area contributed by atoms with Gasteiger partial charge in [0.05, 0.1) is 12.8 Å². The number of ether oxygens (including phenoxy) is 1. The fraction of sp³-hybridized carbons (Fsp3) is 0.458. The molecule has 1 aliphatic heterocycles. The van der Waals surface area contributed by atoms with Crippen LogP contribution in [0, 0.1) is 6.92 Å². The van der Waals surface area contributed by atoms with Crippen molar-refractivity contribution >= 4 is 11.6 Å². The highest BCUT2D eigenvalue weighted by Gasteiger charge is 2.19. The number of anilines is 1. The van der Waals surface area contributed by atoms with Crippen LogP contribution in [0.1, 0.15) is 24.0 Å². The maximum absolute atomic E-state index is 12.1. The molecule has 156 valence electrons. The van der Waals surface area contributed by atoms with Crippen molar-refractivity contribution < 1.29 is 9.53 Å². The molecule has 0 aromatic heterocycles. The van der Waals surface area contributed by atoms with E-state index in [0.29, 0.717) is 6.42 Å². The van der Waals surface area contributed by atoms with Gasteiger partial charge in [0.25, 0.3) is 0 Å². The number of benzene rings is 2. The zero-order chi connectivity index (χ0) is 20.5. The zero-order valence-electron chi connectivity index (χ0n) is 17.7. The lowest BCUT2D eigenvalue weighted by atomic mass is 10.1. The molecule has 1 amide bonds. The van der Waals surface area contributed by atoms with Crippen molar-refractivity contribution in [3.05, 3.63) is 59.7 Å². The van der Waals surface area contributed by atoms with E-state index in [-0.39, 0.29) is 5.91 Å². The molecule has 2 aromatic rings. The molecule has 0 bridgehead atoms. The van der Waals surface area contributed by atoms with E-state index in [1.807, 2.05) is 12.1 Å². The number of carbonyl (C=O) groups excluding carboxylic acids is 1. The number of hydrogen-bond acceptors (Lipinski definition) is 4. The third-order valence-electron chi connectivity index (χ3n) is 5.53. The Hall–Kier alpha value is -2.53. The van der Waals surface area contributed by atoms with Crippen molar-refractivity contribution in [3.63, 3.8) is 0 Å². The van der Waals surface area contributed by atoms with Gasteiger partial charge in [-0.05, 0) is 44.0 Å². The van der Waals surface area contributed by atoms with Crippen LogP contribution in [0.3, 0.4) is 0 Å². The second kappa shape index (κ2) is 10.9. The number of rotatable bonds is 9. The lowest BCUT2D eigenvalue weighted by Crippen LogP contribution is -2.47. The molecule has 1 aliphatic rings. The van der Waals surface area contributed by atoms with E-state index >= 15 is 0 Å². The number of carbonyl (C=O) groups is 1. The van der Waals surface area contributed by atoms with Gasteiger partial charge in [-0.15, -0.1) is 0 Å². The van der Waals surface area contributed by atoms with Crippen molar-refractivity contribution in [1.29, 1.82) is 0 Å². The lowest BCUT2D eigenvalue weighted by Gasteiger charge is -2.36. The van der Waals surface area contributed by atoms with Gasteiger partial charge >= 0.3 is 0 Å². The van der Waals surface area contributed by atoms with E-state index in [0.717, 1.165) is 57.9 Å². The van der Waals surface area contributed by atoms with Gasteiger partial charge in [-0.3, -0.25) is 9.69 Å². The third-order valence-corrected chi connectivity index (χ3v) is 5.53. The van der Waals surface area contributed by atoms with Gasteiger partial charge in [0.2, 0.25) is 5.91 Å². The van der Waals surface area contributed by atoms with Gasteiger partial charge in [0.1, 0.15) is 5.75 Å². The Balaban J connectivity index is 1.29. The smallest absolute Gasteiger partial charge is 0.220 e. The Morgan fingerprint density at radius 1 is 1.03 bits per heavy atom. The van der Waals surface area contributed by atoms with Crippen molar-refractivity contribution in [1.82, 2.24) is 10.2 Å². The first-order chi connectivity index (χ1) is 14.2. The lowest BCUT2D eigenvalue weighted by molar-refractivity contribution is -0.121. The molecule has 1 heterocycles. The number of methoxy groups -OCH3 is 1. The summed E-state index contributed by atoms with van der Waals surface area (Å²) in [6.07, 6.45) is 2.35. The van der Waals surface area contributed by atoms with Gasteiger partial charge in [-0.25, -0.2) is 0 Å². The van der Waals surface area contributed by atoms with E-state index in [1.54, 1.807) is 7.11 Å². The monoisotopic (exact) mass is 395 g/mol. The summed E-state index contributed by atoms with van der Waals surface area (Å²) in [6.45, 7) is 7.94. The van der Waals surface area contributed by atoms with Crippen molar-refractivity contribution in [2.24, 2.45) is 0 Å². The summed E-state index contributed by atoms with van der Waals surface area (Å²) in [5.74, 6) is 1.08. The summed E-state index contributed by atoms with van der Waals surface area (Å²) in [6, 6.07) is 16.6. The third kappa shape index (κ3) is 6.50. The SMILES string of the molecule is COc1ccccc1N1CCN(CCCNC(=O)CCc2ccc(C)cc2)CC1. The van der Waals surface area contributed by atoms with Crippen molar-refractivity contribution in [3.8, 4) is 5.75 Å². The predicted molar refractivity (Wildman–Crippen MR) is 119 cm³/mol. The van der Waals surface area contributed by atoms with Crippen LogP contribution in [0.2, 0.25) is 0 Å². The molecule has 5 nitrogen and oxygen atoms in total. The minimum absolute atomic E-state index is 0.145. The van der Waals surface area contributed by atoms with E-state index in [1.165, 1.54) is 16.8 Å². The normalized spacial score (nSPS) is 14.6. The molecule has 1 saturated heterocycles. The fourth-order valence-electron chi connectivity index (χ4n) is 3.73. The molecule has 3 rings (SSSR count). The maximum atomic E-state index is 12.1. The van der Waals surface area contributed by atoms with Crippen LogP contribution in [-0.4, -0.2) is 57.2 Å². The number of nitrogens with zero attached hydrogens (tertiary/aromatic N) is 2. The molecule has 0 unspecified atom stereocenters. The van der Waals surface area contributed by atoms with Gasteiger partial charge < -0.3 is 15.0 Å². The summed E-state index contributed by atoms with van der Waals surface area (Å²) in [7, 11) is 1.73. The minimum Gasteiger partial charge on any atom is -0.495 e. The van der Waals surface area contributed by atoms with Crippen molar-refractivity contribution in [2.45, 2.75) is 26.2 Å². The maximum Gasteiger partial charge on any atom is 0.220 e. The number of aryl methyl sites for hydroxylation is 2. The van der Waals surface area contributed by atoms with Crippen LogP contribution in [0.4, 0.5) is 5.69 Å². The summed E-state index contributed by atoms with van der Waals surface area (Å²) in [5.41, 5.74) is 3.65. The molecule has 0 atom stereocenters. The Bertz CT molecular complexity index is 768. The summed E-state index contributed by atoms with van der Waals surface area (Å²) < 4.78 is 5.49. The van der Waals surface area contributed by atoms with Gasteiger partial charge in [-0.1, -0.05) is 42.0 Å². The highest BCUT2D eigenvalue weighted by Crippen LogP contribution is 2.28. The molecule has 0 spiro atoms. The summed E-state index contributed by atoms with van der Waals surface area (Å²) in [4.78, 5) is 16.9. The molecule has 1 fully saturated rings. The van der Waals surface area contributed by atoms with E-state index in [2.05, 4.69) is 58.4 Å². The fourth-order valence-corrected chi connectivity index (χ4v) is 3.73. The van der Waals surface area contributed by atoms with E-state index in [9.17, 15) is 4.79 Å². The zero-order valence-corrected chi connectivity index (χ0v) is 17.7. The molecule has 1 N–H and O–H groups in total. The summed E-state index contributed by atoms with van der Waals surface area (Å²) >= 11 is 0. The predicted octanol–water partition coefficient (Wildman–Crippen LogP) is 3.26. The average Bonchev–Trinajstić information content (AvgIpc) is 2.77. The summed E-state index contributed by atoms with van der Waals surface area (Å²) in [5, 5.41) is 3.06. The number of hydrogen-bond donors (Lipinski definition) is 1. The Labute approximate surface area is 174 Å². The Kier molecular flexibility index (Phi) is 7.94. The Morgan fingerprint density at radius 2 is 1.76 bits per heavy atom. The second-order valence-electron chi connectivity index (χ2n) is 7.69. The molecule has 2 aromatic carbocycles. The van der Waals surface area contributed by atoms with Crippen LogP contribution in [-0.2, 0) is 11.2 Å². The number of para-hydroxylation sites is 2. The molecule has 0 aliphatic carbocycles. The number of nitrogens with one attached hydrogen (secondary N) is 1. The molecule has 0 saturated carbocycles. The molecule has 0 radical (unpaired) electrons. The molecule has 5 heteroatoms. The van der Waals surface area contributed by atoms with Crippen LogP contribution in [0.25, 0.3) is 0 Å². The number of amides is 1. The Morgan fingerprint density at radius 3 is 2.48 bits per heavy atom. The van der Waals surface area contributed by atoms with E-state index < -0.39 is 0 Å². The topological polar surface area (TPSA) is 44.8 Å². The number of piperazine rings is 1. The minimum atomic E-state index is 0.145.